The molecule has 188 valence electrons. The van der Waals surface area contributed by atoms with Crippen molar-refractivity contribution in [2.24, 2.45) is 0 Å². The molecule has 1 atom stereocenters. The number of amides is 3. The predicted molar refractivity (Wildman–Crippen MR) is 121 cm³/mol. The van der Waals surface area contributed by atoms with Crippen molar-refractivity contribution in [1.82, 2.24) is 14.8 Å². The summed E-state index contributed by atoms with van der Waals surface area (Å²) in [6, 6.07) is 5.66. The van der Waals surface area contributed by atoms with Gasteiger partial charge >= 0.3 is 12.3 Å². The molecule has 11 heteroatoms. The maximum atomic E-state index is 13.3. The molecule has 0 radical (unpaired) electrons. The quantitative estimate of drug-likeness (QED) is 0.697. The van der Waals surface area contributed by atoms with Crippen molar-refractivity contribution >= 4 is 23.6 Å². The van der Waals surface area contributed by atoms with Crippen LogP contribution in [-0.4, -0.2) is 59.7 Å². The smallest absolute Gasteiger partial charge is 0.416 e. The Morgan fingerprint density at radius 2 is 1.77 bits per heavy atom. The van der Waals surface area contributed by atoms with Gasteiger partial charge in [-0.3, -0.25) is 9.59 Å². The van der Waals surface area contributed by atoms with Gasteiger partial charge in [0.25, 0.3) is 11.8 Å². The van der Waals surface area contributed by atoms with Gasteiger partial charge in [-0.15, -0.1) is 0 Å². The second-order valence-corrected chi connectivity index (χ2v) is 8.73. The Hall–Kier alpha value is -3.50. The molecule has 2 aliphatic rings. The van der Waals surface area contributed by atoms with E-state index in [0.717, 1.165) is 12.1 Å². The number of carbonyl (C=O) groups is 3. The summed E-state index contributed by atoms with van der Waals surface area (Å²) in [5, 5.41) is 2.95. The molecule has 2 aliphatic heterocycles. The molecule has 3 amide bonds. The molecule has 0 unspecified atom stereocenters. The van der Waals surface area contributed by atoms with Crippen LogP contribution < -0.4 is 10.2 Å². The number of carbonyl (C=O) groups excluding carboxylic acids is 3. The van der Waals surface area contributed by atoms with Gasteiger partial charge in [0, 0.05) is 43.6 Å². The highest BCUT2D eigenvalue weighted by Crippen LogP contribution is 2.33. The van der Waals surface area contributed by atoms with Crippen molar-refractivity contribution in [1.29, 1.82) is 0 Å². The van der Waals surface area contributed by atoms with E-state index in [1.54, 1.807) is 28.7 Å². The van der Waals surface area contributed by atoms with Gasteiger partial charge in [0.2, 0.25) is 0 Å². The van der Waals surface area contributed by atoms with E-state index in [1.807, 2.05) is 6.92 Å². The number of anilines is 1. The van der Waals surface area contributed by atoms with Crippen LogP contribution >= 0.6 is 0 Å². The van der Waals surface area contributed by atoms with Gasteiger partial charge in [-0.1, -0.05) is 0 Å². The molecule has 1 saturated heterocycles. The average molecular weight is 492 g/mol. The molecule has 1 fully saturated rings. The number of nitrogens with one attached hydrogen (secondary N) is 1. The zero-order valence-corrected chi connectivity index (χ0v) is 19.5. The first-order valence-corrected chi connectivity index (χ1v) is 11.5. The van der Waals surface area contributed by atoms with Crippen molar-refractivity contribution in [2.75, 3.05) is 31.1 Å². The van der Waals surface area contributed by atoms with Gasteiger partial charge in [0.05, 0.1) is 17.7 Å². The Bertz CT molecular complexity index is 1100. The summed E-state index contributed by atoms with van der Waals surface area (Å²) in [5.41, 5.74) is -0.0485. The SMILES string of the molecule is CCOC(=O)N1CCC(NC(=O)c2ccn3c2C(=O)N(c2ccc(C(F)(F)F)cc2)C[C@@H]3C)CC1. The van der Waals surface area contributed by atoms with Crippen molar-refractivity contribution in [3.63, 3.8) is 0 Å². The Kier molecular flexibility index (Phi) is 6.77. The first-order chi connectivity index (χ1) is 16.6. The van der Waals surface area contributed by atoms with Crippen LogP contribution in [0, 0.1) is 0 Å². The number of ether oxygens (including phenoxy) is 1. The summed E-state index contributed by atoms with van der Waals surface area (Å²) >= 11 is 0. The lowest BCUT2D eigenvalue weighted by Crippen LogP contribution is -2.47. The zero-order valence-electron chi connectivity index (χ0n) is 19.5. The topological polar surface area (TPSA) is 83.9 Å². The molecule has 0 aliphatic carbocycles. The van der Waals surface area contributed by atoms with Gasteiger partial charge in [0.1, 0.15) is 5.69 Å². The van der Waals surface area contributed by atoms with Gasteiger partial charge in [-0.2, -0.15) is 13.2 Å². The molecule has 2 aromatic rings. The standard InChI is InChI=1S/C24H27F3N4O4/c1-3-35-23(34)29-11-8-17(9-12-29)28-21(32)19-10-13-30-15(2)14-31(22(33)20(19)30)18-6-4-16(5-7-18)24(25,26)27/h4-7,10,13,15,17H,3,8-9,11-12,14H2,1-2H3,(H,28,32)/t15-/m0/s1. The summed E-state index contributed by atoms with van der Waals surface area (Å²) in [6.45, 7) is 5.08. The van der Waals surface area contributed by atoms with Crippen molar-refractivity contribution in [2.45, 2.75) is 44.9 Å². The lowest BCUT2D eigenvalue weighted by Gasteiger charge is -2.34. The van der Waals surface area contributed by atoms with Crippen LogP contribution in [0.15, 0.2) is 36.5 Å². The third-order valence-electron chi connectivity index (χ3n) is 6.39. The van der Waals surface area contributed by atoms with Crippen LogP contribution in [0.25, 0.3) is 0 Å². The lowest BCUT2D eigenvalue weighted by atomic mass is 10.0. The normalized spacial score (nSPS) is 18.9. The van der Waals surface area contributed by atoms with Gasteiger partial charge < -0.3 is 24.4 Å². The van der Waals surface area contributed by atoms with Crippen LogP contribution in [0.4, 0.5) is 23.7 Å². The maximum absolute atomic E-state index is 13.3. The predicted octanol–water partition coefficient (Wildman–Crippen LogP) is 4.08. The van der Waals surface area contributed by atoms with E-state index in [-0.39, 0.29) is 36.0 Å². The largest absolute Gasteiger partial charge is 0.450 e. The van der Waals surface area contributed by atoms with Gasteiger partial charge in [0.15, 0.2) is 0 Å². The monoisotopic (exact) mass is 492 g/mol. The third kappa shape index (κ3) is 4.98. The van der Waals surface area contributed by atoms with Crippen LogP contribution in [-0.2, 0) is 10.9 Å². The highest BCUT2D eigenvalue weighted by molar-refractivity contribution is 6.13. The average Bonchev–Trinajstić information content (AvgIpc) is 3.28. The van der Waals surface area contributed by atoms with Crippen LogP contribution in [0.3, 0.4) is 0 Å². The molecule has 0 saturated carbocycles. The highest BCUT2D eigenvalue weighted by Gasteiger charge is 2.36. The first kappa shape index (κ1) is 24.6. The third-order valence-corrected chi connectivity index (χ3v) is 6.39. The number of fused-ring (bicyclic) bond motifs is 1. The Balaban J connectivity index is 1.48. The summed E-state index contributed by atoms with van der Waals surface area (Å²) < 4.78 is 45.5. The van der Waals surface area contributed by atoms with Crippen LogP contribution in [0.5, 0.6) is 0 Å². The molecular weight excluding hydrogens is 465 g/mol. The van der Waals surface area contributed by atoms with Crippen molar-refractivity contribution in [3.05, 3.63) is 53.3 Å². The number of likely N-dealkylation sites (tertiary alicyclic amines) is 1. The molecule has 8 nitrogen and oxygen atoms in total. The highest BCUT2D eigenvalue weighted by atomic mass is 19.4. The fourth-order valence-corrected chi connectivity index (χ4v) is 4.52. The summed E-state index contributed by atoms with van der Waals surface area (Å²) in [6.07, 6.45) is -2.04. The van der Waals surface area contributed by atoms with Crippen molar-refractivity contribution < 1.29 is 32.3 Å². The molecule has 1 aromatic heterocycles. The molecule has 1 N–H and O–H groups in total. The molecule has 4 rings (SSSR count). The maximum Gasteiger partial charge on any atom is 0.416 e. The molecule has 3 heterocycles. The van der Waals surface area contributed by atoms with Gasteiger partial charge in [-0.05, 0) is 57.0 Å². The van der Waals surface area contributed by atoms with Crippen LogP contribution in [0.1, 0.15) is 59.1 Å². The Morgan fingerprint density at radius 3 is 2.37 bits per heavy atom. The molecule has 1 aromatic carbocycles. The van der Waals surface area contributed by atoms with E-state index in [0.29, 0.717) is 38.2 Å². The fourth-order valence-electron chi connectivity index (χ4n) is 4.52. The molecular formula is C24H27F3N4O4. The van der Waals surface area contributed by atoms with E-state index in [4.69, 9.17) is 4.74 Å². The number of aromatic nitrogens is 1. The Labute approximate surface area is 200 Å². The number of piperidine rings is 1. The Morgan fingerprint density at radius 1 is 1.11 bits per heavy atom. The summed E-state index contributed by atoms with van der Waals surface area (Å²) in [4.78, 5) is 41.3. The fraction of sp³-hybridized carbons (Fsp3) is 0.458. The summed E-state index contributed by atoms with van der Waals surface area (Å²) in [5.74, 6) is -0.849. The molecule has 35 heavy (non-hydrogen) atoms. The van der Waals surface area contributed by atoms with E-state index in [2.05, 4.69) is 5.32 Å². The second kappa shape index (κ2) is 9.63. The number of nitrogens with zero attached hydrogens (tertiary/aromatic N) is 3. The number of halogens is 3. The molecule has 0 bridgehead atoms. The van der Waals surface area contributed by atoms with E-state index >= 15 is 0 Å². The first-order valence-electron chi connectivity index (χ1n) is 11.5. The molecule has 0 spiro atoms. The van der Waals surface area contributed by atoms with Crippen molar-refractivity contribution in [3.8, 4) is 0 Å². The minimum absolute atomic E-state index is 0.161. The van der Waals surface area contributed by atoms with Gasteiger partial charge in [-0.25, -0.2) is 4.79 Å². The number of alkyl halides is 3. The number of benzene rings is 1. The van der Waals surface area contributed by atoms with Crippen LogP contribution in [0.2, 0.25) is 0 Å². The number of rotatable bonds is 4. The van der Waals surface area contributed by atoms with E-state index in [1.165, 1.54) is 17.0 Å². The number of hydrogen-bond donors (Lipinski definition) is 1. The minimum atomic E-state index is -4.47. The second-order valence-electron chi connectivity index (χ2n) is 8.73. The minimum Gasteiger partial charge on any atom is -0.450 e. The lowest BCUT2D eigenvalue weighted by molar-refractivity contribution is -0.137. The summed E-state index contributed by atoms with van der Waals surface area (Å²) in [7, 11) is 0. The van der Waals surface area contributed by atoms with E-state index < -0.39 is 23.6 Å². The van der Waals surface area contributed by atoms with E-state index in [9.17, 15) is 27.6 Å². The zero-order chi connectivity index (χ0) is 25.3. The number of hydrogen-bond acceptors (Lipinski definition) is 4.